The van der Waals surface area contributed by atoms with Gasteiger partial charge in [0.1, 0.15) is 23.8 Å². The molecule has 0 spiro atoms. The molecule has 0 atom stereocenters. The monoisotopic (exact) mass is 375 g/mol. The standard InChI is InChI=1S/C22H22FN5/c23-18-6-2-4-8-20(18)26-11-13-27(14-12-26)21-15-22(25-16-24-21)28-10-9-17-5-1-3-7-19(17)28/h1-8,15-16H,9-14H2. The lowest BCUT2D eigenvalue weighted by molar-refractivity contribution is 0.596. The van der Waals surface area contributed by atoms with Crippen molar-refractivity contribution in [2.24, 2.45) is 0 Å². The van der Waals surface area contributed by atoms with Gasteiger partial charge in [0.05, 0.1) is 5.69 Å². The van der Waals surface area contributed by atoms with Gasteiger partial charge in [-0.3, -0.25) is 0 Å². The molecule has 0 N–H and O–H groups in total. The normalized spacial score (nSPS) is 16.4. The molecule has 2 aromatic carbocycles. The SMILES string of the molecule is Fc1ccccc1N1CCN(c2cc(N3CCc4ccccc43)ncn2)CC1. The van der Waals surface area contributed by atoms with Crippen molar-refractivity contribution >= 4 is 23.0 Å². The smallest absolute Gasteiger partial charge is 0.146 e. The summed E-state index contributed by atoms with van der Waals surface area (Å²) >= 11 is 0. The number of anilines is 4. The topological polar surface area (TPSA) is 35.5 Å². The zero-order chi connectivity index (χ0) is 18.9. The fourth-order valence-corrected chi connectivity index (χ4v) is 4.12. The molecule has 1 aromatic heterocycles. The van der Waals surface area contributed by atoms with Gasteiger partial charge in [0.2, 0.25) is 0 Å². The van der Waals surface area contributed by atoms with Gasteiger partial charge in [-0.25, -0.2) is 14.4 Å². The number of rotatable bonds is 3. The van der Waals surface area contributed by atoms with Gasteiger partial charge in [-0.1, -0.05) is 30.3 Å². The highest BCUT2D eigenvalue weighted by Crippen LogP contribution is 2.34. The van der Waals surface area contributed by atoms with E-state index < -0.39 is 0 Å². The minimum absolute atomic E-state index is 0.159. The van der Waals surface area contributed by atoms with Crippen molar-refractivity contribution < 1.29 is 4.39 Å². The Labute approximate surface area is 164 Å². The first-order valence-corrected chi connectivity index (χ1v) is 9.71. The summed E-state index contributed by atoms with van der Waals surface area (Å²) in [6.45, 7) is 4.10. The maximum atomic E-state index is 14.1. The Morgan fingerprint density at radius 1 is 0.714 bits per heavy atom. The van der Waals surface area contributed by atoms with Gasteiger partial charge >= 0.3 is 0 Å². The molecule has 142 valence electrons. The summed E-state index contributed by atoms with van der Waals surface area (Å²) < 4.78 is 14.1. The van der Waals surface area contributed by atoms with E-state index in [-0.39, 0.29) is 5.82 Å². The van der Waals surface area contributed by atoms with Gasteiger partial charge in [0.15, 0.2) is 0 Å². The van der Waals surface area contributed by atoms with Crippen LogP contribution in [0, 0.1) is 5.82 Å². The maximum absolute atomic E-state index is 14.1. The minimum atomic E-state index is -0.159. The molecule has 1 fully saturated rings. The van der Waals surface area contributed by atoms with E-state index in [1.54, 1.807) is 12.4 Å². The Bertz CT molecular complexity index is 984. The van der Waals surface area contributed by atoms with Crippen LogP contribution >= 0.6 is 0 Å². The highest BCUT2D eigenvalue weighted by Gasteiger charge is 2.24. The Morgan fingerprint density at radius 2 is 1.39 bits per heavy atom. The van der Waals surface area contributed by atoms with Crippen LogP contribution in [0.4, 0.5) is 27.4 Å². The van der Waals surface area contributed by atoms with Crippen molar-refractivity contribution in [2.75, 3.05) is 47.4 Å². The van der Waals surface area contributed by atoms with Crippen molar-refractivity contribution in [3.63, 3.8) is 0 Å². The van der Waals surface area contributed by atoms with Crippen molar-refractivity contribution in [1.82, 2.24) is 9.97 Å². The van der Waals surface area contributed by atoms with Gasteiger partial charge in [-0.05, 0) is 30.2 Å². The highest BCUT2D eigenvalue weighted by atomic mass is 19.1. The van der Waals surface area contributed by atoms with E-state index in [4.69, 9.17) is 0 Å². The van der Waals surface area contributed by atoms with Crippen LogP contribution < -0.4 is 14.7 Å². The van der Waals surface area contributed by atoms with E-state index in [2.05, 4.69) is 55.0 Å². The molecule has 5 rings (SSSR count). The number of hydrogen-bond donors (Lipinski definition) is 0. The molecule has 2 aliphatic heterocycles. The summed E-state index contributed by atoms with van der Waals surface area (Å²) in [5.41, 5.74) is 3.27. The van der Waals surface area contributed by atoms with Crippen LogP contribution in [0.15, 0.2) is 60.9 Å². The average Bonchev–Trinajstić information content (AvgIpc) is 3.19. The summed E-state index contributed by atoms with van der Waals surface area (Å²) in [6.07, 6.45) is 2.69. The Balaban J connectivity index is 1.32. The van der Waals surface area contributed by atoms with Crippen molar-refractivity contribution in [2.45, 2.75) is 6.42 Å². The molecule has 0 amide bonds. The summed E-state index contributed by atoms with van der Waals surface area (Å²) in [5, 5.41) is 0. The first kappa shape index (κ1) is 17.0. The fraction of sp³-hybridized carbons (Fsp3) is 0.273. The van der Waals surface area contributed by atoms with Gasteiger partial charge in [-0.2, -0.15) is 0 Å². The van der Waals surface area contributed by atoms with E-state index in [0.717, 1.165) is 50.8 Å². The number of halogens is 1. The van der Waals surface area contributed by atoms with Crippen LogP contribution in [-0.4, -0.2) is 42.7 Å². The largest absolute Gasteiger partial charge is 0.366 e. The van der Waals surface area contributed by atoms with E-state index in [1.165, 1.54) is 17.3 Å². The van der Waals surface area contributed by atoms with Gasteiger partial charge in [-0.15, -0.1) is 0 Å². The van der Waals surface area contributed by atoms with Crippen molar-refractivity contribution in [3.05, 3.63) is 72.3 Å². The fourth-order valence-electron chi connectivity index (χ4n) is 4.12. The third-order valence-corrected chi connectivity index (χ3v) is 5.60. The van der Waals surface area contributed by atoms with E-state index >= 15 is 0 Å². The Kier molecular flexibility index (Phi) is 4.31. The quantitative estimate of drug-likeness (QED) is 0.699. The molecular formula is C22H22FN5. The molecule has 1 saturated heterocycles. The molecule has 0 unspecified atom stereocenters. The number of aromatic nitrogens is 2. The zero-order valence-corrected chi connectivity index (χ0v) is 15.6. The molecule has 2 aliphatic rings. The third kappa shape index (κ3) is 3.05. The molecule has 0 radical (unpaired) electrons. The number of hydrogen-bond acceptors (Lipinski definition) is 5. The molecule has 6 heteroatoms. The number of piperazine rings is 1. The van der Waals surface area contributed by atoms with E-state index in [9.17, 15) is 4.39 Å². The lowest BCUT2D eigenvalue weighted by atomic mass is 10.2. The van der Waals surface area contributed by atoms with Crippen LogP contribution in [0.2, 0.25) is 0 Å². The Morgan fingerprint density at radius 3 is 2.21 bits per heavy atom. The second-order valence-corrected chi connectivity index (χ2v) is 7.19. The molecule has 0 saturated carbocycles. The van der Waals surface area contributed by atoms with Crippen molar-refractivity contribution in [1.29, 1.82) is 0 Å². The summed E-state index contributed by atoms with van der Waals surface area (Å²) in [4.78, 5) is 15.6. The lowest BCUT2D eigenvalue weighted by Gasteiger charge is -2.37. The van der Waals surface area contributed by atoms with Crippen LogP contribution in [-0.2, 0) is 6.42 Å². The number of fused-ring (bicyclic) bond motifs is 1. The molecule has 28 heavy (non-hydrogen) atoms. The predicted molar refractivity (Wildman–Crippen MR) is 110 cm³/mol. The first-order chi connectivity index (χ1) is 13.8. The third-order valence-electron chi connectivity index (χ3n) is 5.60. The maximum Gasteiger partial charge on any atom is 0.146 e. The molecule has 0 bridgehead atoms. The summed E-state index contributed by atoms with van der Waals surface area (Å²) in [6, 6.07) is 17.5. The molecule has 3 aromatic rings. The van der Waals surface area contributed by atoms with E-state index in [0.29, 0.717) is 5.69 Å². The molecule has 5 nitrogen and oxygen atoms in total. The molecule has 0 aliphatic carbocycles. The second-order valence-electron chi connectivity index (χ2n) is 7.19. The number of para-hydroxylation sites is 2. The van der Waals surface area contributed by atoms with Gasteiger partial charge < -0.3 is 14.7 Å². The summed E-state index contributed by atoms with van der Waals surface area (Å²) in [7, 11) is 0. The summed E-state index contributed by atoms with van der Waals surface area (Å²) in [5.74, 6) is 1.71. The molecular weight excluding hydrogens is 353 g/mol. The van der Waals surface area contributed by atoms with Crippen LogP contribution in [0.1, 0.15) is 5.56 Å². The number of benzene rings is 2. The average molecular weight is 375 g/mol. The highest BCUT2D eigenvalue weighted by molar-refractivity contribution is 5.69. The first-order valence-electron chi connectivity index (χ1n) is 9.71. The van der Waals surface area contributed by atoms with Crippen molar-refractivity contribution in [3.8, 4) is 0 Å². The predicted octanol–water partition coefficient (Wildman–Crippen LogP) is 3.64. The molecule has 3 heterocycles. The number of nitrogens with zero attached hydrogens (tertiary/aromatic N) is 5. The Hall–Kier alpha value is -3.15. The minimum Gasteiger partial charge on any atom is -0.366 e. The van der Waals surface area contributed by atoms with Crippen LogP contribution in [0.5, 0.6) is 0 Å². The van der Waals surface area contributed by atoms with E-state index in [1.807, 2.05) is 12.1 Å². The lowest BCUT2D eigenvalue weighted by Crippen LogP contribution is -2.47. The zero-order valence-electron chi connectivity index (χ0n) is 15.6. The second kappa shape index (κ2) is 7.11. The van der Waals surface area contributed by atoms with Crippen LogP contribution in [0.3, 0.4) is 0 Å². The van der Waals surface area contributed by atoms with Crippen LogP contribution in [0.25, 0.3) is 0 Å². The van der Waals surface area contributed by atoms with Gasteiger partial charge in [0, 0.05) is 44.5 Å². The van der Waals surface area contributed by atoms with Gasteiger partial charge in [0.25, 0.3) is 0 Å².